The zero-order chi connectivity index (χ0) is 13.0. The van der Waals surface area contributed by atoms with Gasteiger partial charge in [-0.05, 0) is 42.6 Å². The maximum absolute atomic E-state index is 13.9. The topological polar surface area (TPSA) is 38.9 Å². The Labute approximate surface area is 107 Å². The lowest BCUT2D eigenvalue weighted by atomic mass is 9.94. The van der Waals surface area contributed by atoms with Crippen LogP contribution in [0.3, 0.4) is 0 Å². The van der Waals surface area contributed by atoms with Crippen LogP contribution in [0.25, 0.3) is 11.1 Å². The molecule has 0 aliphatic rings. The molecule has 1 aromatic carbocycles. The van der Waals surface area contributed by atoms with Crippen LogP contribution >= 0.6 is 0 Å². The molecule has 0 amide bonds. The average Bonchev–Trinajstić information content (AvgIpc) is 2.40. The fraction of sp³-hybridized carbons (Fsp3) is 0.267. The van der Waals surface area contributed by atoms with Crippen LogP contribution in [0.2, 0.25) is 0 Å². The summed E-state index contributed by atoms with van der Waals surface area (Å²) in [5.41, 5.74) is 8.08. The third kappa shape index (κ3) is 2.74. The van der Waals surface area contributed by atoms with Gasteiger partial charge in [-0.1, -0.05) is 19.1 Å². The summed E-state index contributed by atoms with van der Waals surface area (Å²) in [6.07, 6.45) is 4.26. The number of hydrogen-bond donors (Lipinski definition) is 1. The summed E-state index contributed by atoms with van der Waals surface area (Å²) in [7, 11) is 0. The molecule has 1 atom stereocenters. The van der Waals surface area contributed by atoms with E-state index in [0.29, 0.717) is 18.0 Å². The van der Waals surface area contributed by atoms with Crippen molar-refractivity contribution < 1.29 is 4.39 Å². The minimum Gasteiger partial charge on any atom is -0.330 e. The normalized spacial score (nSPS) is 12.4. The Morgan fingerprint density at radius 2 is 2.17 bits per heavy atom. The molecule has 0 spiro atoms. The van der Waals surface area contributed by atoms with Crippen LogP contribution in [0.5, 0.6) is 0 Å². The Hall–Kier alpha value is -1.74. The Morgan fingerprint density at radius 3 is 2.83 bits per heavy atom. The molecule has 0 saturated carbocycles. The number of pyridine rings is 1. The number of hydrogen-bond acceptors (Lipinski definition) is 2. The average molecular weight is 244 g/mol. The first-order valence-corrected chi connectivity index (χ1v) is 6.12. The zero-order valence-corrected chi connectivity index (χ0v) is 10.4. The Morgan fingerprint density at radius 1 is 1.33 bits per heavy atom. The van der Waals surface area contributed by atoms with Crippen molar-refractivity contribution in [2.75, 3.05) is 6.54 Å². The van der Waals surface area contributed by atoms with E-state index in [1.54, 1.807) is 12.4 Å². The highest BCUT2D eigenvalue weighted by molar-refractivity contribution is 5.64. The fourth-order valence-corrected chi connectivity index (χ4v) is 2.01. The summed E-state index contributed by atoms with van der Waals surface area (Å²) >= 11 is 0. The van der Waals surface area contributed by atoms with E-state index < -0.39 is 0 Å². The second-order valence-corrected chi connectivity index (χ2v) is 4.46. The van der Waals surface area contributed by atoms with E-state index in [0.717, 1.165) is 17.5 Å². The van der Waals surface area contributed by atoms with Gasteiger partial charge in [-0.3, -0.25) is 4.98 Å². The summed E-state index contributed by atoms with van der Waals surface area (Å²) in [6.45, 7) is 2.74. The van der Waals surface area contributed by atoms with Crippen molar-refractivity contribution in [1.82, 2.24) is 4.98 Å². The molecule has 1 heterocycles. The van der Waals surface area contributed by atoms with Crippen molar-refractivity contribution in [3.8, 4) is 11.1 Å². The molecule has 2 rings (SSSR count). The Balaban J connectivity index is 2.39. The van der Waals surface area contributed by atoms with E-state index in [1.165, 1.54) is 6.07 Å². The second-order valence-electron chi connectivity index (χ2n) is 4.46. The molecule has 1 aromatic heterocycles. The van der Waals surface area contributed by atoms with Crippen molar-refractivity contribution in [1.29, 1.82) is 0 Å². The lowest BCUT2D eigenvalue weighted by Gasteiger charge is -2.12. The quantitative estimate of drug-likeness (QED) is 0.895. The van der Waals surface area contributed by atoms with Crippen molar-refractivity contribution in [2.45, 2.75) is 19.3 Å². The van der Waals surface area contributed by atoms with Gasteiger partial charge in [0.1, 0.15) is 5.82 Å². The third-order valence-corrected chi connectivity index (χ3v) is 3.13. The molecule has 0 aliphatic heterocycles. The second kappa shape index (κ2) is 5.74. The number of nitrogens with zero attached hydrogens (tertiary/aromatic N) is 1. The van der Waals surface area contributed by atoms with E-state index in [2.05, 4.69) is 11.9 Å². The molecule has 0 aliphatic carbocycles. The van der Waals surface area contributed by atoms with Gasteiger partial charge in [0.15, 0.2) is 0 Å². The molecule has 2 aromatic rings. The van der Waals surface area contributed by atoms with Gasteiger partial charge in [-0.25, -0.2) is 4.39 Å². The van der Waals surface area contributed by atoms with Crippen LogP contribution in [-0.2, 0) is 0 Å². The first-order valence-electron chi connectivity index (χ1n) is 6.12. The van der Waals surface area contributed by atoms with E-state index in [9.17, 15) is 4.39 Å². The first kappa shape index (κ1) is 12.7. The maximum Gasteiger partial charge on any atom is 0.131 e. The van der Waals surface area contributed by atoms with Gasteiger partial charge in [-0.2, -0.15) is 0 Å². The number of nitrogens with two attached hydrogens (primary N) is 1. The highest BCUT2D eigenvalue weighted by Crippen LogP contribution is 2.27. The lowest BCUT2D eigenvalue weighted by molar-refractivity contribution is 0.627. The van der Waals surface area contributed by atoms with Gasteiger partial charge >= 0.3 is 0 Å². The van der Waals surface area contributed by atoms with Crippen LogP contribution in [0.4, 0.5) is 4.39 Å². The van der Waals surface area contributed by atoms with Crippen LogP contribution < -0.4 is 5.73 Å². The van der Waals surface area contributed by atoms with Gasteiger partial charge in [0.25, 0.3) is 0 Å². The van der Waals surface area contributed by atoms with E-state index in [4.69, 9.17) is 5.73 Å². The van der Waals surface area contributed by atoms with Gasteiger partial charge in [0.05, 0.1) is 0 Å². The van der Waals surface area contributed by atoms with Crippen molar-refractivity contribution in [2.24, 2.45) is 5.73 Å². The molecule has 0 fully saturated rings. The largest absolute Gasteiger partial charge is 0.330 e. The van der Waals surface area contributed by atoms with Gasteiger partial charge in [0.2, 0.25) is 0 Å². The molecule has 0 bridgehead atoms. The van der Waals surface area contributed by atoms with E-state index >= 15 is 0 Å². The zero-order valence-electron chi connectivity index (χ0n) is 10.4. The fourth-order valence-electron chi connectivity index (χ4n) is 2.01. The lowest BCUT2D eigenvalue weighted by Crippen LogP contribution is -2.04. The SMILES string of the molecule is CC(CCN)c1ccc(F)c(-c2cccnc2)c1. The number of benzene rings is 1. The van der Waals surface area contributed by atoms with E-state index in [1.807, 2.05) is 24.3 Å². The molecular weight excluding hydrogens is 227 g/mol. The maximum atomic E-state index is 13.9. The molecule has 2 nitrogen and oxygen atoms in total. The molecule has 1 unspecified atom stereocenters. The number of rotatable bonds is 4. The smallest absolute Gasteiger partial charge is 0.131 e. The number of aromatic nitrogens is 1. The van der Waals surface area contributed by atoms with Gasteiger partial charge < -0.3 is 5.73 Å². The highest BCUT2D eigenvalue weighted by Gasteiger charge is 2.10. The molecule has 3 heteroatoms. The standard InChI is InChI=1S/C15H17FN2/c1-11(6-7-17)12-4-5-15(16)14(9-12)13-3-2-8-18-10-13/h2-5,8-11H,6-7,17H2,1H3. The highest BCUT2D eigenvalue weighted by atomic mass is 19.1. The minimum atomic E-state index is -0.216. The minimum absolute atomic E-state index is 0.216. The summed E-state index contributed by atoms with van der Waals surface area (Å²) in [6, 6.07) is 8.92. The molecule has 94 valence electrons. The van der Waals surface area contributed by atoms with Crippen LogP contribution in [0.15, 0.2) is 42.7 Å². The van der Waals surface area contributed by atoms with Gasteiger partial charge in [-0.15, -0.1) is 0 Å². The molecule has 2 N–H and O–H groups in total. The summed E-state index contributed by atoms with van der Waals surface area (Å²) < 4.78 is 13.9. The van der Waals surface area contributed by atoms with Crippen molar-refractivity contribution in [3.05, 3.63) is 54.1 Å². The summed E-state index contributed by atoms with van der Waals surface area (Å²) in [4.78, 5) is 4.03. The van der Waals surface area contributed by atoms with Crippen LogP contribution in [0.1, 0.15) is 24.8 Å². The third-order valence-electron chi connectivity index (χ3n) is 3.13. The number of halogens is 1. The summed E-state index contributed by atoms with van der Waals surface area (Å²) in [5, 5.41) is 0. The molecule has 0 radical (unpaired) electrons. The predicted molar refractivity (Wildman–Crippen MR) is 71.7 cm³/mol. The Kier molecular flexibility index (Phi) is 4.05. The molecule has 0 saturated heterocycles. The molecule has 18 heavy (non-hydrogen) atoms. The van der Waals surface area contributed by atoms with Crippen molar-refractivity contribution >= 4 is 0 Å². The Bertz CT molecular complexity index is 511. The van der Waals surface area contributed by atoms with Crippen molar-refractivity contribution in [3.63, 3.8) is 0 Å². The predicted octanol–water partition coefficient (Wildman–Crippen LogP) is 3.34. The van der Waals surface area contributed by atoms with E-state index in [-0.39, 0.29) is 5.82 Å². The van der Waals surface area contributed by atoms with Gasteiger partial charge in [0, 0.05) is 23.5 Å². The monoisotopic (exact) mass is 244 g/mol. The molecular formula is C15H17FN2. The summed E-state index contributed by atoms with van der Waals surface area (Å²) in [5.74, 6) is 0.123. The first-order chi connectivity index (χ1) is 8.72. The van der Waals surface area contributed by atoms with Crippen LogP contribution in [-0.4, -0.2) is 11.5 Å². The van der Waals surface area contributed by atoms with Crippen LogP contribution in [0, 0.1) is 5.82 Å².